The molecule has 0 fully saturated rings. The van der Waals surface area contributed by atoms with Crippen molar-refractivity contribution in [3.63, 3.8) is 0 Å². The molecule has 2 heterocycles. The van der Waals surface area contributed by atoms with Gasteiger partial charge in [0.05, 0.1) is 11.8 Å². The summed E-state index contributed by atoms with van der Waals surface area (Å²) in [6.07, 6.45) is 2.64. The molecule has 2 rings (SSSR count). The standard InChI is InChI=1S/C13H10F3N3O/c14-13(15,16)10-5-6-12(17-9-10)19-18-7-1-3-11-4-2-8-20-11/h1-9H,(H,17,19)/b3-1+,18-7-. The van der Waals surface area contributed by atoms with E-state index in [9.17, 15) is 13.2 Å². The lowest BCUT2D eigenvalue weighted by Crippen LogP contribution is -2.05. The first-order valence-corrected chi connectivity index (χ1v) is 5.58. The van der Waals surface area contributed by atoms with E-state index in [1.807, 2.05) is 0 Å². The number of pyridine rings is 1. The van der Waals surface area contributed by atoms with Crippen molar-refractivity contribution in [3.8, 4) is 0 Å². The lowest BCUT2D eigenvalue weighted by Gasteiger charge is -2.05. The molecule has 20 heavy (non-hydrogen) atoms. The Morgan fingerprint density at radius 2 is 2.10 bits per heavy atom. The number of furan rings is 1. The van der Waals surface area contributed by atoms with Crippen LogP contribution in [0.25, 0.3) is 6.08 Å². The largest absolute Gasteiger partial charge is 0.465 e. The molecule has 0 aliphatic heterocycles. The highest BCUT2D eigenvalue weighted by Crippen LogP contribution is 2.28. The predicted octanol–water partition coefficient (Wildman–Crippen LogP) is 3.80. The third-order valence-electron chi connectivity index (χ3n) is 2.23. The Balaban J connectivity index is 1.88. The van der Waals surface area contributed by atoms with Crippen LogP contribution in [-0.4, -0.2) is 11.2 Å². The van der Waals surface area contributed by atoms with Crippen LogP contribution in [0.5, 0.6) is 0 Å². The molecule has 4 nitrogen and oxygen atoms in total. The van der Waals surface area contributed by atoms with Gasteiger partial charge in [0, 0.05) is 12.4 Å². The van der Waals surface area contributed by atoms with Gasteiger partial charge in [-0.25, -0.2) is 4.98 Å². The molecule has 0 radical (unpaired) electrons. The summed E-state index contributed by atoms with van der Waals surface area (Å²) in [6.45, 7) is 0. The van der Waals surface area contributed by atoms with Gasteiger partial charge in [0.25, 0.3) is 0 Å². The van der Waals surface area contributed by atoms with Crippen LogP contribution in [-0.2, 0) is 6.18 Å². The normalized spacial score (nSPS) is 12.3. The molecule has 0 saturated carbocycles. The van der Waals surface area contributed by atoms with Gasteiger partial charge >= 0.3 is 6.18 Å². The van der Waals surface area contributed by atoms with Crippen LogP contribution in [0.4, 0.5) is 19.0 Å². The zero-order valence-electron chi connectivity index (χ0n) is 10.1. The maximum atomic E-state index is 12.3. The van der Waals surface area contributed by atoms with Crippen molar-refractivity contribution in [3.05, 3.63) is 54.1 Å². The van der Waals surface area contributed by atoms with Crippen LogP contribution in [0.3, 0.4) is 0 Å². The molecule has 0 bridgehead atoms. The van der Waals surface area contributed by atoms with Crippen LogP contribution < -0.4 is 5.43 Å². The Morgan fingerprint density at radius 1 is 1.25 bits per heavy atom. The van der Waals surface area contributed by atoms with Crippen molar-refractivity contribution in [1.82, 2.24) is 4.98 Å². The van der Waals surface area contributed by atoms with E-state index in [0.717, 1.165) is 12.3 Å². The summed E-state index contributed by atoms with van der Waals surface area (Å²) in [5.74, 6) is 0.893. The Labute approximate surface area is 112 Å². The Bertz CT molecular complexity index is 586. The zero-order valence-corrected chi connectivity index (χ0v) is 10.1. The number of hydrogen-bond donors (Lipinski definition) is 1. The topological polar surface area (TPSA) is 50.4 Å². The van der Waals surface area contributed by atoms with E-state index in [4.69, 9.17) is 4.42 Å². The van der Waals surface area contributed by atoms with Gasteiger partial charge in [-0.3, -0.25) is 5.43 Å². The summed E-state index contributed by atoms with van der Waals surface area (Å²) >= 11 is 0. The number of anilines is 1. The van der Waals surface area contributed by atoms with Crippen LogP contribution in [0.2, 0.25) is 0 Å². The smallest absolute Gasteiger partial charge is 0.417 e. The van der Waals surface area contributed by atoms with Crippen molar-refractivity contribution in [2.75, 3.05) is 5.43 Å². The molecule has 0 amide bonds. The third-order valence-corrected chi connectivity index (χ3v) is 2.23. The van der Waals surface area contributed by atoms with Crippen molar-refractivity contribution < 1.29 is 17.6 Å². The molecule has 7 heteroatoms. The number of nitrogens with zero attached hydrogens (tertiary/aromatic N) is 2. The number of nitrogens with one attached hydrogen (secondary N) is 1. The van der Waals surface area contributed by atoms with Gasteiger partial charge in [0.2, 0.25) is 0 Å². The molecule has 2 aromatic rings. The molecule has 1 N–H and O–H groups in total. The number of rotatable bonds is 4. The average Bonchev–Trinajstić information content (AvgIpc) is 2.91. The molecule has 2 aromatic heterocycles. The van der Waals surface area contributed by atoms with Gasteiger partial charge in [-0.2, -0.15) is 18.3 Å². The number of allylic oxidation sites excluding steroid dienone is 1. The molecule has 0 atom stereocenters. The van der Waals surface area contributed by atoms with Crippen molar-refractivity contribution in [2.24, 2.45) is 5.10 Å². The van der Waals surface area contributed by atoms with E-state index in [1.165, 1.54) is 12.3 Å². The molecular weight excluding hydrogens is 271 g/mol. The fraction of sp³-hybridized carbons (Fsp3) is 0.0769. The van der Waals surface area contributed by atoms with Crippen molar-refractivity contribution in [2.45, 2.75) is 6.18 Å². The van der Waals surface area contributed by atoms with Crippen molar-refractivity contribution in [1.29, 1.82) is 0 Å². The van der Waals surface area contributed by atoms with Gasteiger partial charge in [-0.1, -0.05) is 0 Å². The van der Waals surface area contributed by atoms with Crippen LogP contribution >= 0.6 is 0 Å². The van der Waals surface area contributed by atoms with Crippen LogP contribution in [0.1, 0.15) is 11.3 Å². The number of alkyl halides is 3. The fourth-order valence-electron chi connectivity index (χ4n) is 1.30. The first kappa shape index (κ1) is 13.9. The second-order valence-corrected chi connectivity index (χ2v) is 3.69. The third kappa shape index (κ3) is 3.98. The minimum absolute atomic E-state index is 0.223. The fourth-order valence-corrected chi connectivity index (χ4v) is 1.30. The van der Waals surface area contributed by atoms with Gasteiger partial charge in [0.1, 0.15) is 11.6 Å². The molecular formula is C13H10F3N3O. The van der Waals surface area contributed by atoms with E-state index in [-0.39, 0.29) is 5.82 Å². The number of aromatic nitrogens is 1. The van der Waals surface area contributed by atoms with Gasteiger partial charge < -0.3 is 4.42 Å². The molecule has 0 aromatic carbocycles. The highest BCUT2D eigenvalue weighted by atomic mass is 19.4. The summed E-state index contributed by atoms with van der Waals surface area (Å²) in [4.78, 5) is 3.61. The maximum absolute atomic E-state index is 12.3. The molecule has 0 saturated heterocycles. The Hall–Kier alpha value is -2.57. The number of halogens is 3. The lowest BCUT2D eigenvalue weighted by molar-refractivity contribution is -0.137. The minimum atomic E-state index is -4.39. The second kappa shape index (κ2) is 6.05. The molecule has 0 aliphatic rings. The summed E-state index contributed by atoms with van der Waals surface area (Å²) < 4.78 is 42.0. The van der Waals surface area contributed by atoms with Gasteiger partial charge in [0.15, 0.2) is 0 Å². The van der Waals surface area contributed by atoms with Crippen molar-refractivity contribution >= 4 is 18.1 Å². The summed E-state index contributed by atoms with van der Waals surface area (Å²) in [5, 5.41) is 3.79. The minimum Gasteiger partial charge on any atom is -0.465 e. The summed E-state index contributed by atoms with van der Waals surface area (Å²) in [6, 6.07) is 5.66. The molecule has 104 valence electrons. The first-order chi connectivity index (χ1) is 9.55. The van der Waals surface area contributed by atoms with E-state index in [1.54, 1.807) is 30.5 Å². The quantitative estimate of drug-likeness (QED) is 0.685. The maximum Gasteiger partial charge on any atom is 0.417 e. The lowest BCUT2D eigenvalue weighted by atomic mass is 10.3. The van der Waals surface area contributed by atoms with E-state index >= 15 is 0 Å². The van der Waals surface area contributed by atoms with Gasteiger partial charge in [-0.15, -0.1) is 0 Å². The Kier molecular flexibility index (Phi) is 4.19. The van der Waals surface area contributed by atoms with E-state index in [2.05, 4.69) is 15.5 Å². The molecule has 0 unspecified atom stereocenters. The summed E-state index contributed by atoms with van der Waals surface area (Å²) in [7, 11) is 0. The SMILES string of the molecule is FC(F)(F)c1ccc(N/N=C\C=C\c2ccco2)nc1. The van der Waals surface area contributed by atoms with Crippen LogP contribution in [0.15, 0.2) is 52.3 Å². The monoisotopic (exact) mass is 281 g/mol. The van der Waals surface area contributed by atoms with E-state index < -0.39 is 11.7 Å². The van der Waals surface area contributed by atoms with Gasteiger partial charge in [-0.05, 0) is 36.4 Å². The second-order valence-electron chi connectivity index (χ2n) is 3.69. The van der Waals surface area contributed by atoms with E-state index in [0.29, 0.717) is 5.76 Å². The Morgan fingerprint density at radius 3 is 2.70 bits per heavy atom. The zero-order chi connectivity index (χ0) is 14.4. The molecule has 0 spiro atoms. The van der Waals surface area contributed by atoms with Crippen LogP contribution in [0, 0.1) is 0 Å². The highest BCUT2D eigenvalue weighted by Gasteiger charge is 2.30. The molecule has 0 aliphatic carbocycles. The number of hydrazone groups is 1. The summed E-state index contributed by atoms with van der Waals surface area (Å²) in [5.41, 5.74) is 1.71. The first-order valence-electron chi connectivity index (χ1n) is 5.58. The average molecular weight is 281 g/mol. The predicted molar refractivity (Wildman–Crippen MR) is 69.1 cm³/mol. The number of hydrogen-bond acceptors (Lipinski definition) is 4. The highest BCUT2D eigenvalue weighted by molar-refractivity contribution is 5.77.